The van der Waals surface area contributed by atoms with Crippen LogP contribution in [0.3, 0.4) is 0 Å². The molecule has 0 N–H and O–H groups in total. The molecule has 1 unspecified atom stereocenters. The number of carbonyl (C=O) groups is 1. The lowest BCUT2D eigenvalue weighted by molar-refractivity contribution is -0.118. The van der Waals surface area contributed by atoms with E-state index in [0.29, 0.717) is 24.3 Å². The number of hydrogen-bond donors (Lipinski definition) is 0. The van der Waals surface area contributed by atoms with Crippen molar-refractivity contribution >= 4 is 5.78 Å². The lowest BCUT2D eigenvalue weighted by Gasteiger charge is -2.29. The fourth-order valence-corrected chi connectivity index (χ4v) is 3.14. The van der Waals surface area contributed by atoms with Gasteiger partial charge in [-0.15, -0.1) is 0 Å². The lowest BCUT2D eigenvalue weighted by Crippen LogP contribution is -2.36. The minimum Gasteiger partial charge on any atom is -0.331 e. The Hall–Kier alpha value is -1.16. The van der Waals surface area contributed by atoms with E-state index in [-0.39, 0.29) is 0 Å². The summed E-state index contributed by atoms with van der Waals surface area (Å²) in [5.74, 6) is 0.305. The summed E-state index contributed by atoms with van der Waals surface area (Å²) >= 11 is 0. The molecule has 112 valence electrons. The van der Waals surface area contributed by atoms with E-state index < -0.39 is 0 Å². The van der Waals surface area contributed by atoms with Crippen LogP contribution < -0.4 is 0 Å². The molecule has 1 aromatic heterocycles. The lowest BCUT2D eigenvalue weighted by atomic mass is 10.0. The van der Waals surface area contributed by atoms with E-state index in [4.69, 9.17) is 0 Å². The minimum atomic E-state index is 0.305. The first-order valence-electron chi connectivity index (χ1n) is 7.82. The molecule has 0 aromatic carbocycles. The molecule has 1 aromatic rings. The van der Waals surface area contributed by atoms with Crippen LogP contribution in [0, 0.1) is 0 Å². The normalized spacial score (nSPS) is 21.1. The quantitative estimate of drug-likeness (QED) is 0.829. The van der Waals surface area contributed by atoms with Crippen LogP contribution in [0.1, 0.15) is 64.6 Å². The Morgan fingerprint density at radius 2 is 2.20 bits per heavy atom. The maximum absolute atomic E-state index is 11.5. The number of nitrogens with zero attached hydrogens (tertiary/aromatic N) is 3. The van der Waals surface area contributed by atoms with Gasteiger partial charge in [-0.25, -0.2) is 4.98 Å². The Labute approximate surface area is 122 Å². The van der Waals surface area contributed by atoms with E-state index in [2.05, 4.69) is 28.3 Å². The van der Waals surface area contributed by atoms with E-state index in [0.717, 1.165) is 19.5 Å². The van der Waals surface area contributed by atoms with Crippen LogP contribution in [-0.2, 0) is 11.3 Å². The van der Waals surface area contributed by atoms with Crippen molar-refractivity contribution < 1.29 is 4.79 Å². The molecule has 1 aliphatic rings. The third kappa shape index (κ3) is 3.92. The number of imidazole rings is 1. The summed E-state index contributed by atoms with van der Waals surface area (Å²) in [5, 5.41) is 0. The van der Waals surface area contributed by atoms with Crippen molar-refractivity contribution in [3.05, 3.63) is 18.2 Å². The number of ketones is 1. The van der Waals surface area contributed by atoms with E-state index in [1.54, 1.807) is 6.92 Å². The van der Waals surface area contributed by atoms with Gasteiger partial charge in [0.2, 0.25) is 0 Å². The fraction of sp³-hybridized carbons (Fsp3) is 0.750. The highest BCUT2D eigenvalue weighted by molar-refractivity contribution is 5.76. The van der Waals surface area contributed by atoms with Crippen LogP contribution >= 0.6 is 0 Å². The zero-order valence-electron chi connectivity index (χ0n) is 13.0. The predicted octanol–water partition coefficient (Wildman–Crippen LogP) is 3.19. The molecule has 2 rings (SSSR count). The van der Waals surface area contributed by atoms with Crippen molar-refractivity contribution in [2.75, 3.05) is 6.54 Å². The molecule has 0 bridgehead atoms. The molecule has 0 aliphatic carbocycles. The Kier molecular flexibility index (Phi) is 5.35. The second-order valence-corrected chi connectivity index (χ2v) is 6.27. The number of aromatic nitrogens is 2. The van der Waals surface area contributed by atoms with E-state index in [9.17, 15) is 4.79 Å². The average molecular weight is 277 g/mol. The Bertz CT molecular complexity index is 439. The highest BCUT2D eigenvalue weighted by Gasteiger charge is 2.23. The highest BCUT2D eigenvalue weighted by Crippen LogP contribution is 2.22. The van der Waals surface area contributed by atoms with Crippen LogP contribution in [-0.4, -0.2) is 32.8 Å². The van der Waals surface area contributed by atoms with Gasteiger partial charge in [0, 0.05) is 31.2 Å². The SMILES string of the molecule is CC(=O)CC1CCCCCN1Cc1cncn1C(C)C. The van der Waals surface area contributed by atoms with Crippen molar-refractivity contribution in [3.63, 3.8) is 0 Å². The molecule has 0 spiro atoms. The molecule has 1 fully saturated rings. The van der Waals surface area contributed by atoms with Gasteiger partial charge in [0.1, 0.15) is 5.78 Å². The maximum atomic E-state index is 11.5. The molecule has 20 heavy (non-hydrogen) atoms. The molecule has 2 heterocycles. The monoisotopic (exact) mass is 277 g/mol. The van der Waals surface area contributed by atoms with Crippen molar-refractivity contribution in [1.29, 1.82) is 0 Å². The van der Waals surface area contributed by atoms with Gasteiger partial charge in [-0.2, -0.15) is 0 Å². The fourth-order valence-electron chi connectivity index (χ4n) is 3.14. The number of carbonyl (C=O) groups excluding carboxylic acids is 1. The van der Waals surface area contributed by atoms with Gasteiger partial charge in [0.25, 0.3) is 0 Å². The van der Waals surface area contributed by atoms with Crippen LogP contribution in [0.25, 0.3) is 0 Å². The zero-order valence-corrected chi connectivity index (χ0v) is 13.0. The first-order valence-corrected chi connectivity index (χ1v) is 7.82. The van der Waals surface area contributed by atoms with Gasteiger partial charge in [0.05, 0.1) is 12.0 Å². The molecule has 1 saturated heterocycles. The summed E-state index contributed by atoms with van der Waals surface area (Å²) in [5.41, 5.74) is 1.26. The second kappa shape index (κ2) is 7.02. The van der Waals surface area contributed by atoms with E-state index in [1.165, 1.54) is 25.0 Å². The smallest absolute Gasteiger partial charge is 0.131 e. The van der Waals surface area contributed by atoms with Gasteiger partial charge in [0.15, 0.2) is 0 Å². The van der Waals surface area contributed by atoms with Gasteiger partial charge < -0.3 is 4.57 Å². The van der Waals surface area contributed by atoms with Crippen molar-refractivity contribution in [1.82, 2.24) is 14.5 Å². The summed E-state index contributed by atoms with van der Waals surface area (Å²) < 4.78 is 2.23. The van der Waals surface area contributed by atoms with Crippen LogP contribution in [0.5, 0.6) is 0 Å². The number of likely N-dealkylation sites (tertiary alicyclic amines) is 1. The molecule has 0 radical (unpaired) electrons. The summed E-state index contributed by atoms with van der Waals surface area (Å²) in [7, 11) is 0. The summed E-state index contributed by atoms with van der Waals surface area (Å²) in [4.78, 5) is 18.3. The first kappa shape index (κ1) is 15.2. The average Bonchev–Trinajstić information content (AvgIpc) is 2.73. The molecule has 0 saturated carbocycles. The zero-order chi connectivity index (χ0) is 14.5. The molecular weight excluding hydrogens is 250 g/mol. The topological polar surface area (TPSA) is 38.1 Å². The van der Waals surface area contributed by atoms with Crippen LogP contribution in [0.4, 0.5) is 0 Å². The van der Waals surface area contributed by atoms with Crippen molar-refractivity contribution in [3.8, 4) is 0 Å². The molecule has 1 aliphatic heterocycles. The maximum Gasteiger partial charge on any atom is 0.131 e. The Morgan fingerprint density at radius 3 is 2.90 bits per heavy atom. The van der Waals surface area contributed by atoms with Crippen LogP contribution in [0.2, 0.25) is 0 Å². The van der Waals surface area contributed by atoms with Crippen molar-refractivity contribution in [2.45, 2.75) is 71.5 Å². The number of rotatable bonds is 5. The van der Waals surface area contributed by atoms with Crippen molar-refractivity contribution in [2.24, 2.45) is 0 Å². The molecule has 1 atom stereocenters. The molecule has 4 nitrogen and oxygen atoms in total. The Balaban J connectivity index is 2.10. The largest absolute Gasteiger partial charge is 0.331 e. The highest BCUT2D eigenvalue weighted by atomic mass is 16.1. The third-order valence-electron chi connectivity index (χ3n) is 4.19. The number of hydrogen-bond acceptors (Lipinski definition) is 3. The molecule has 4 heteroatoms. The molecular formula is C16H27N3O. The number of Topliss-reactive ketones (excluding diaryl/α,β-unsaturated/α-hetero) is 1. The standard InChI is InChI=1S/C16H27N3O/c1-13(2)19-12-17-10-16(19)11-18-8-6-4-5-7-15(18)9-14(3)20/h10,12-13,15H,4-9,11H2,1-3H3. The molecule has 0 amide bonds. The van der Waals surface area contributed by atoms with Gasteiger partial charge in [-0.05, 0) is 40.2 Å². The second-order valence-electron chi connectivity index (χ2n) is 6.27. The Morgan fingerprint density at radius 1 is 1.40 bits per heavy atom. The summed E-state index contributed by atoms with van der Waals surface area (Å²) in [6.07, 6.45) is 9.50. The van der Waals surface area contributed by atoms with Crippen LogP contribution in [0.15, 0.2) is 12.5 Å². The third-order valence-corrected chi connectivity index (χ3v) is 4.19. The van der Waals surface area contributed by atoms with E-state index in [1.807, 2.05) is 12.5 Å². The van der Waals surface area contributed by atoms with Gasteiger partial charge in [-0.1, -0.05) is 12.8 Å². The summed E-state index contributed by atoms with van der Waals surface area (Å²) in [6, 6.07) is 0.844. The van der Waals surface area contributed by atoms with E-state index >= 15 is 0 Å². The minimum absolute atomic E-state index is 0.305. The predicted molar refractivity (Wildman–Crippen MR) is 80.6 cm³/mol. The summed E-state index contributed by atoms with van der Waals surface area (Å²) in [6.45, 7) is 8.08. The van der Waals surface area contributed by atoms with Gasteiger partial charge >= 0.3 is 0 Å². The van der Waals surface area contributed by atoms with Gasteiger partial charge in [-0.3, -0.25) is 9.69 Å². The first-order chi connectivity index (χ1) is 9.58.